The van der Waals surface area contributed by atoms with E-state index >= 15 is 0 Å². The molecule has 2 amide bonds. The fourth-order valence-electron chi connectivity index (χ4n) is 3.07. The van der Waals surface area contributed by atoms with Crippen molar-refractivity contribution >= 4 is 11.8 Å². The van der Waals surface area contributed by atoms with E-state index < -0.39 is 6.04 Å². The van der Waals surface area contributed by atoms with Gasteiger partial charge in [0, 0.05) is 12.6 Å². The summed E-state index contributed by atoms with van der Waals surface area (Å²) in [6, 6.07) is 16.8. The fraction of sp³-hybridized carbons (Fsp3) is 0.417. The summed E-state index contributed by atoms with van der Waals surface area (Å²) in [5.41, 5.74) is 2.04. The van der Waals surface area contributed by atoms with Crippen molar-refractivity contribution in [2.75, 3.05) is 6.61 Å². The predicted molar refractivity (Wildman–Crippen MR) is 116 cm³/mol. The number of nitrogens with zero attached hydrogens (tertiary/aromatic N) is 1. The number of aryl methyl sites for hydroxylation is 1. The molecule has 0 saturated heterocycles. The zero-order valence-electron chi connectivity index (χ0n) is 17.9. The molecule has 0 aromatic heterocycles. The lowest BCUT2D eigenvalue weighted by Crippen LogP contribution is -2.51. The molecule has 0 radical (unpaired) electrons. The van der Waals surface area contributed by atoms with Crippen LogP contribution in [-0.4, -0.2) is 35.4 Å². The molecule has 2 atom stereocenters. The molecule has 0 aliphatic heterocycles. The van der Waals surface area contributed by atoms with Crippen LogP contribution in [0.3, 0.4) is 0 Å². The minimum absolute atomic E-state index is 0.0637. The first kappa shape index (κ1) is 22.5. The molecule has 29 heavy (non-hydrogen) atoms. The highest BCUT2D eigenvalue weighted by Crippen LogP contribution is 2.15. The summed E-state index contributed by atoms with van der Waals surface area (Å²) in [6.45, 7) is 8.15. The van der Waals surface area contributed by atoms with Crippen LogP contribution in [0.1, 0.15) is 44.7 Å². The number of ether oxygens (including phenoxy) is 1. The Hall–Kier alpha value is -2.82. The normalized spacial score (nSPS) is 12.7. The maximum Gasteiger partial charge on any atom is 0.261 e. The van der Waals surface area contributed by atoms with Gasteiger partial charge in [0.15, 0.2) is 6.61 Å². The van der Waals surface area contributed by atoms with Crippen LogP contribution in [-0.2, 0) is 16.1 Å². The third-order valence-corrected chi connectivity index (χ3v) is 4.93. The topological polar surface area (TPSA) is 58.6 Å². The Balaban J connectivity index is 2.18. The lowest BCUT2D eigenvalue weighted by Gasteiger charge is -2.31. The van der Waals surface area contributed by atoms with Crippen molar-refractivity contribution in [1.82, 2.24) is 10.2 Å². The maximum absolute atomic E-state index is 13.1. The van der Waals surface area contributed by atoms with Gasteiger partial charge in [-0.1, -0.05) is 56.3 Å². The molecule has 0 unspecified atom stereocenters. The van der Waals surface area contributed by atoms with Crippen LogP contribution in [0.25, 0.3) is 0 Å². The minimum Gasteiger partial charge on any atom is -0.484 e. The Morgan fingerprint density at radius 3 is 2.38 bits per heavy atom. The van der Waals surface area contributed by atoms with Gasteiger partial charge in [-0.05, 0) is 49.9 Å². The van der Waals surface area contributed by atoms with E-state index in [9.17, 15) is 9.59 Å². The Labute approximate surface area is 174 Å². The first-order chi connectivity index (χ1) is 13.9. The van der Waals surface area contributed by atoms with Crippen molar-refractivity contribution in [2.45, 2.75) is 59.2 Å². The molecule has 0 bridgehead atoms. The summed E-state index contributed by atoms with van der Waals surface area (Å²) in [5, 5.41) is 3.01. The van der Waals surface area contributed by atoms with E-state index in [0.29, 0.717) is 18.7 Å². The molecule has 1 N–H and O–H groups in total. The second-order valence-corrected chi connectivity index (χ2v) is 7.35. The van der Waals surface area contributed by atoms with Gasteiger partial charge in [-0.25, -0.2) is 0 Å². The van der Waals surface area contributed by atoms with Gasteiger partial charge < -0.3 is 15.0 Å². The van der Waals surface area contributed by atoms with E-state index in [2.05, 4.69) is 5.32 Å². The van der Waals surface area contributed by atoms with Crippen molar-refractivity contribution < 1.29 is 14.3 Å². The summed E-state index contributed by atoms with van der Waals surface area (Å²) >= 11 is 0. The van der Waals surface area contributed by atoms with E-state index in [-0.39, 0.29) is 24.5 Å². The molecule has 5 heteroatoms. The molecule has 2 aromatic rings. The number of rotatable bonds is 10. The summed E-state index contributed by atoms with van der Waals surface area (Å²) in [4.78, 5) is 27.6. The van der Waals surface area contributed by atoms with E-state index in [4.69, 9.17) is 4.74 Å². The molecular weight excluding hydrogens is 364 g/mol. The Morgan fingerprint density at radius 1 is 1.03 bits per heavy atom. The van der Waals surface area contributed by atoms with Crippen LogP contribution in [0.2, 0.25) is 0 Å². The highest BCUT2D eigenvalue weighted by molar-refractivity contribution is 5.88. The lowest BCUT2D eigenvalue weighted by atomic mass is 10.1. The summed E-state index contributed by atoms with van der Waals surface area (Å²) in [5.74, 6) is 0.318. The van der Waals surface area contributed by atoms with Gasteiger partial charge in [-0.3, -0.25) is 9.59 Å². The average molecular weight is 397 g/mol. The van der Waals surface area contributed by atoms with E-state index in [1.807, 2.05) is 82.3 Å². The Morgan fingerprint density at radius 2 is 1.76 bits per heavy atom. The number of amides is 2. The van der Waals surface area contributed by atoms with Gasteiger partial charge in [-0.2, -0.15) is 0 Å². The van der Waals surface area contributed by atoms with Crippen LogP contribution < -0.4 is 10.1 Å². The molecule has 5 nitrogen and oxygen atoms in total. The highest BCUT2D eigenvalue weighted by Gasteiger charge is 2.29. The van der Waals surface area contributed by atoms with Crippen LogP contribution >= 0.6 is 0 Å². The zero-order chi connectivity index (χ0) is 21.2. The summed E-state index contributed by atoms with van der Waals surface area (Å²) in [7, 11) is 0. The van der Waals surface area contributed by atoms with E-state index in [1.54, 1.807) is 4.90 Å². The molecule has 0 fully saturated rings. The molecule has 2 rings (SSSR count). The van der Waals surface area contributed by atoms with Gasteiger partial charge in [0.25, 0.3) is 5.91 Å². The third kappa shape index (κ3) is 6.93. The molecule has 2 aromatic carbocycles. The number of hydrogen-bond acceptors (Lipinski definition) is 3. The Kier molecular flexibility index (Phi) is 8.71. The number of carbonyl (C=O) groups is 2. The monoisotopic (exact) mass is 396 g/mol. The molecule has 0 aliphatic rings. The standard InChI is InChI=1S/C24H32N2O3/c1-5-19(4)25-24(28)22(6-2)26(16-20-12-8-7-9-13-20)23(27)17-29-21-14-10-11-18(3)15-21/h7-15,19,22H,5-6,16-17H2,1-4H3,(H,25,28)/t19-,22+/m0/s1. The second kappa shape index (κ2) is 11.2. The van der Waals surface area contributed by atoms with Crippen molar-refractivity contribution in [1.29, 1.82) is 0 Å². The van der Waals surface area contributed by atoms with Gasteiger partial charge in [0.2, 0.25) is 5.91 Å². The SMILES string of the molecule is CC[C@H](C(=O)N[C@@H](C)CC)N(Cc1ccccc1)C(=O)COc1cccc(C)c1. The molecule has 0 saturated carbocycles. The van der Waals surface area contributed by atoms with Crippen molar-refractivity contribution in [3.63, 3.8) is 0 Å². The second-order valence-electron chi connectivity index (χ2n) is 7.35. The number of carbonyl (C=O) groups excluding carboxylic acids is 2. The van der Waals surface area contributed by atoms with Crippen LogP contribution in [0.15, 0.2) is 54.6 Å². The minimum atomic E-state index is -0.544. The maximum atomic E-state index is 13.1. The molecule has 0 spiro atoms. The molecular formula is C24H32N2O3. The average Bonchev–Trinajstić information content (AvgIpc) is 2.72. The first-order valence-corrected chi connectivity index (χ1v) is 10.3. The largest absolute Gasteiger partial charge is 0.484 e. The summed E-state index contributed by atoms with van der Waals surface area (Å²) in [6.07, 6.45) is 1.37. The third-order valence-electron chi connectivity index (χ3n) is 4.93. The molecule has 0 heterocycles. The lowest BCUT2D eigenvalue weighted by molar-refractivity contribution is -0.143. The van der Waals surface area contributed by atoms with Gasteiger partial charge in [0.05, 0.1) is 0 Å². The first-order valence-electron chi connectivity index (χ1n) is 10.3. The van der Waals surface area contributed by atoms with Crippen LogP contribution in [0.4, 0.5) is 0 Å². The zero-order valence-corrected chi connectivity index (χ0v) is 17.9. The summed E-state index contributed by atoms with van der Waals surface area (Å²) < 4.78 is 5.72. The quantitative estimate of drug-likeness (QED) is 0.658. The smallest absolute Gasteiger partial charge is 0.261 e. The van der Waals surface area contributed by atoms with Crippen molar-refractivity contribution in [3.8, 4) is 5.75 Å². The van der Waals surface area contributed by atoms with Crippen molar-refractivity contribution in [3.05, 3.63) is 65.7 Å². The van der Waals surface area contributed by atoms with Gasteiger partial charge in [-0.15, -0.1) is 0 Å². The number of benzene rings is 2. The van der Waals surface area contributed by atoms with E-state index in [0.717, 1.165) is 17.5 Å². The van der Waals surface area contributed by atoms with E-state index in [1.165, 1.54) is 0 Å². The van der Waals surface area contributed by atoms with Crippen LogP contribution in [0.5, 0.6) is 5.75 Å². The Bertz CT molecular complexity index is 792. The van der Waals surface area contributed by atoms with Crippen LogP contribution in [0, 0.1) is 6.92 Å². The van der Waals surface area contributed by atoms with Gasteiger partial charge in [0.1, 0.15) is 11.8 Å². The number of nitrogens with one attached hydrogen (secondary N) is 1. The number of hydrogen-bond donors (Lipinski definition) is 1. The fourth-order valence-corrected chi connectivity index (χ4v) is 3.07. The van der Waals surface area contributed by atoms with Gasteiger partial charge >= 0.3 is 0 Å². The van der Waals surface area contributed by atoms with Crippen molar-refractivity contribution in [2.24, 2.45) is 0 Å². The highest BCUT2D eigenvalue weighted by atomic mass is 16.5. The predicted octanol–water partition coefficient (Wildman–Crippen LogP) is 4.10. The molecule has 0 aliphatic carbocycles. The molecule has 156 valence electrons.